The zero-order chi connectivity index (χ0) is 82.0. The topological polar surface area (TPSA) is 90.2 Å². The van der Waals surface area contributed by atoms with Crippen molar-refractivity contribution in [1.29, 1.82) is 0 Å². The van der Waals surface area contributed by atoms with E-state index in [1.165, 1.54) is 106 Å². The summed E-state index contributed by atoms with van der Waals surface area (Å²) in [6, 6.07) is 152. The Bertz CT molecular complexity index is 8040. The molecule has 18 aromatic carbocycles. The minimum Gasteiger partial charge on any atom is -0.246 e. The highest BCUT2D eigenvalue weighted by Gasteiger charge is 2.24. The summed E-state index contributed by atoms with van der Waals surface area (Å²) in [7, 11) is 0. The first-order valence-electron chi connectivity index (χ1n) is 41.7. The summed E-state index contributed by atoms with van der Waals surface area (Å²) < 4.78 is 4.90. The van der Waals surface area contributed by atoms with Crippen LogP contribution in [0.2, 0.25) is 0 Å². The number of nitrogens with zero attached hydrogens (tertiary/aromatic N) is 7. The van der Waals surface area contributed by atoms with Crippen LogP contribution in [0.15, 0.2) is 431 Å². The fourth-order valence-corrected chi connectivity index (χ4v) is 20.2. The van der Waals surface area contributed by atoms with Crippen LogP contribution < -0.4 is 0 Å². The monoisotopic (exact) mass is 1610 g/mol. The van der Waals surface area contributed by atoms with E-state index >= 15 is 0 Å². The molecule has 7 nitrogen and oxygen atoms in total. The minimum absolute atomic E-state index is 0.618. The van der Waals surface area contributed by atoms with Gasteiger partial charge in [0.25, 0.3) is 0 Å². The molecule has 0 N–H and O–H groups in total. The Labute approximate surface area is 723 Å². The molecule has 0 aliphatic carbocycles. The Morgan fingerprint density at radius 1 is 0.161 bits per heavy atom. The highest BCUT2D eigenvalue weighted by atomic mass is 32.1. The van der Waals surface area contributed by atoms with Crippen molar-refractivity contribution in [2.75, 3.05) is 0 Å². The first-order valence-corrected chi connectivity index (χ1v) is 43.4. The van der Waals surface area contributed by atoms with Gasteiger partial charge in [0.2, 0.25) is 0 Å². The van der Waals surface area contributed by atoms with Gasteiger partial charge >= 0.3 is 0 Å². The number of rotatable bonds is 13. The van der Waals surface area contributed by atoms with Crippen LogP contribution in [-0.4, -0.2) is 34.9 Å². The molecule has 24 rings (SSSR count). The van der Waals surface area contributed by atoms with Crippen molar-refractivity contribution in [2.24, 2.45) is 0 Å². The molecule has 0 spiro atoms. The predicted octanol–water partition coefficient (Wildman–Crippen LogP) is 31.3. The number of para-hydroxylation sites is 1. The van der Waals surface area contributed by atoms with Gasteiger partial charge in [-0.2, -0.15) is 0 Å². The molecule has 6 heterocycles. The number of hydrogen-bond donors (Lipinski definition) is 0. The maximum absolute atomic E-state index is 5.63. The summed E-state index contributed by atoms with van der Waals surface area (Å²) in [5.74, 6) is 2.57. The van der Waals surface area contributed by atoms with Gasteiger partial charge < -0.3 is 0 Å². The van der Waals surface area contributed by atoms with E-state index in [1.807, 2.05) is 59.1 Å². The molecule has 578 valence electrons. The molecule has 0 bridgehead atoms. The molecule has 0 atom stereocenters. The first-order chi connectivity index (χ1) is 61.4. The van der Waals surface area contributed by atoms with E-state index in [0.717, 1.165) is 112 Å². The third-order valence-electron chi connectivity index (χ3n) is 23.8. The van der Waals surface area contributed by atoms with Crippen LogP contribution in [0.25, 0.3) is 241 Å². The van der Waals surface area contributed by atoms with Crippen LogP contribution in [0.5, 0.6) is 0 Å². The second-order valence-corrected chi connectivity index (χ2v) is 33.4. The third-order valence-corrected chi connectivity index (χ3v) is 26.2. The Kier molecular flexibility index (Phi) is 18.5. The quantitative estimate of drug-likeness (QED) is 0.106. The van der Waals surface area contributed by atoms with Crippen LogP contribution in [-0.2, 0) is 0 Å². The highest BCUT2D eigenvalue weighted by Crippen LogP contribution is 2.49. The fourth-order valence-electron chi connectivity index (χ4n) is 17.8. The van der Waals surface area contributed by atoms with E-state index in [0.29, 0.717) is 23.3 Å². The van der Waals surface area contributed by atoms with E-state index in [9.17, 15) is 0 Å². The number of hydrogen-bond acceptors (Lipinski definition) is 9. The van der Waals surface area contributed by atoms with Crippen molar-refractivity contribution in [3.63, 3.8) is 0 Å². The second kappa shape index (κ2) is 31.3. The third kappa shape index (κ3) is 13.5. The standard InChI is InChI=1S/C60H38N4S.C55H33N3S/c1-4-14-39(15-5-1)41-26-32-45(33-27-41)58-62-59(46-34-28-42(29-35-46)40-16-6-2-7-17-40)64-60(63-58)47-36-30-43(31-37-47)48-20-12-21-49(38-48)56-57-55(51-22-10-11-25-53(51)65-57)54-50(23-13-24-52(54)61-56)44-18-8-3-9-19-44;1-3-14-34(15-4-1)48-33-49(57-55(56-48)37-16-5-2-6-17-37)35-26-28-36(29-27-35)52-54-51(45-22-11-12-25-50(45)59-54)46-24-13-23-39(53(46)58-52)38-30-31-44-42-20-8-7-18-40(42)41-19-9-10-21-43(41)47(44)32-38/h1-38H;1-33H. The van der Waals surface area contributed by atoms with E-state index in [4.69, 9.17) is 34.9 Å². The zero-order valence-corrected chi connectivity index (χ0v) is 68.6. The molecule has 0 saturated carbocycles. The molecule has 0 aliphatic rings. The van der Waals surface area contributed by atoms with Crippen LogP contribution >= 0.6 is 22.7 Å². The largest absolute Gasteiger partial charge is 0.246 e. The number of aromatic nitrogens is 7. The first kappa shape index (κ1) is 73.2. The molecule has 6 aromatic heterocycles. The molecule has 0 amide bonds. The molecule has 0 aliphatic heterocycles. The van der Waals surface area contributed by atoms with Crippen molar-refractivity contribution >= 4 is 117 Å². The van der Waals surface area contributed by atoms with E-state index < -0.39 is 0 Å². The lowest BCUT2D eigenvalue weighted by Gasteiger charge is -2.14. The maximum Gasteiger partial charge on any atom is 0.164 e. The van der Waals surface area contributed by atoms with E-state index in [-0.39, 0.29) is 0 Å². The Morgan fingerprint density at radius 3 is 1.05 bits per heavy atom. The Hall–Kier alpha value is -15.9. The van der Waals surface area contributed by atoms with Crippen LogP contribution in [0.3, 0.4) is 0 Å². The normalized spacial score (nSPS) is 11.5. The fraction of sp³-hybridized carbons (Fsp3) is 0. The zero-order valence-electron chi connectivity index (χ0n) is 66.9. The summed E-state index contributed by atoms with van der Waals surface area (Å²) in [4.78, 5) is 36.4. The Balaban J connectivity index is 0.000000144. The lowest BCUT2D eigenvalue weighted by Crippen LogP contribution is -2.00. The van der Waals surface area contributed by atoms with Crippen LogP contribution in [0.1, 0.15) is 0 Å². The smallest absolute Gasteiger partial charge is 0.164 e. The number of pyridine rings is 2. The Morgan fingerprint density at radius 2 is 0.500 bits per heavy atom. The van der Waals surface area contributed by atoms with E-state index in [1.54, 1.807) is 0 Å². The molecular weight excluding hydrogens is 1540 g/mol. The molecule has 9 heteroatoms. The lowest BCUT2D eigenvalue weighted by molar-refractivity contribution is 1.07. The minimum atomic E-state index is 0.618. The van der Waals surface area contributed by atoms with Crippen molar-refractivity contribution < 1.29 is 0 Å². The molecule has 24 aromatic rings. The van der Waals surface area contributed by atoms with Gasteiger partial charge in [-0.05, 0) is 119 Å². The van der Waals surface area contributed by atoms with Crippen molar-refractivity contribution in [3.05, 3.63) is 431 Å². The average Bonchev–Trinajstić information content (AvgIpc) is 1.48. The number of thiophene rings is 2. The van der Waals surface area contributed by atoms with Crippen molar-refractivity contribution in [1.82, 2.24) is 34.9 Å². The summed E-state index contributed by atoms with van der Waals surface area (Å²) in [6.07, 6.45) is 0. The van der Waals surface area contributed by atoms with Crippen LogP contribution in [0.4, 0.5) is 0 Å². The predicted molar refractivity (Wildman–Crippen MR) is 521 cm³/mol. The summed E-state index contributed by atoms with van der Waals surface area (Å²) in [6.45, 7) is 0. The van der Waals surface area contributed by atoms with Crippen LogP contribution in [0, 0.1) is 0 Å². The van der Waals surface area contributed by atoms with Gasteiger partial charge in [-0.1, -0.05) is 394 Å². The van der Waals surface area contributed by atoms with Gasteiger partial charge in [-0.15, -0.1) is 22.7 Å². The lowest BCUT2D eigenvalue weighted by atomic mass is 9.91. The summed E-state index contributed by atoms with van der Waals surface area (Å²) >= 11 is 3.64. The molecule has 0 saturated heterocycles. The van der Waals surface area contributed by atoms with Gasteiger partial charge in [0.15, 0.2) is 23.3 Å². The van der Waals surface area contributed by atoms with Gasteiger partial charge in [0.1, 0.15) is 0 Å². The number of fused-ring (bicyclic) bond motifs is 16. The summed E-state index contributed by atoms with van der Waals surface area (Å²) in [5, 5.41) is 15.0. The van der Waals surface area contributed by atoms with Gasteiger partial charge in [0, 0.05) is 91.8 Å². The van der Waals surface area contributed by atoms with Gasteiger partial charge in [-0.3, -0.25) is 0 Å². The number of benzene rings is 18. The SMILES string of the molecule is c1ccc(-c2cc(-c3ccc(-c4nc5c(-c6ccc7c8ccccc8c8ccccc8c7c6)cccc5c5c4sc4ccccc45)cc3)nc(-c3ccccc3)n2)cc1.c1ccc(-c2ccc(-c3nc(-c4ccc(-c5ccccc5)cc4)nc(-c4ccc(-c5cccc(-c6nc7cccc(-c8ccccc8)c7c7c6sc6ccccc67)c5)cc4)n3)cc2)cc1. The second-order valence-electron chi connectivity index (χ2n) is 31.3. The maximum atomic E-state index is 5.63. The van der Waals surface area contributed by atoms with Gasteiger partial charge in [0.05, 0.1) is 43.2 Å². The summed E-state index contributed by atoms with van der Waals surface area (Å²) in [5.41, 5.74) is 25.2. The van der Waals surface area contributed by atoms with Crippen molar-refractivity contribution in [3.8, 4) is 146 Å². The molecular formula is C115H71N7S2. The highest BCUT2D eigenvalue weighted by molar-refractivity contribution is 7.27. The average molecular weight is 1620 g/mol. The molecule has 0 unspecified atom stereocenters. The van der Waals surface area contributed by atoms with Crippen molar-refractivity contribution in [2.45, 2.75) is 0 Å². The van der Waals surface area contributed by atoms with Gasteiger partial charge in [-0.25, -0.2) is 34.9 Å². The molecule has 124 heavy (non-hydrogen) atoms. The van der Waals surface area contributed by atoms with E-state index in [2.05, 4.69) is 394 Å². The molecule has 0 radical (unpaired) electrons. The molecule has 0 fully saturated rings.